The van der Waals surface area contributed by atoms with Gasteiger partial charge in [-0.1, -0.05) is 19.9 Å². The van der Waals surface area contributed by atoms with Crippen molar-refractivity contribution in [2.75, 3.05) is 18.8 Å². The predicted octanol–water partition coefficient (Wildman–Crippen LogP) is 2.50. The number of fused-ring (bicyclic) bond motifs is 1. The average molecular weight is 305 g/mol. The highest BCUT2D eigenvalue weighted by molar-refractivity contribution is 8.00. The number of amides is 1. The van der Waals surface area contributed by atoms with Gasteiger partial charge in [-0.3, -0.25) is 4.79 Å². The highest BCUT2D eigenvalue weighted by atomic mass is 32.2. The molecule has 1 aliphatic carbocycles. The molecule has 114 valence electrons. The van der Waals surface area contributed by atoms with Crippen LogP contribution in [0.5, 0.6) is 0 Å². The molecule has 1 N–H and O–H groups in total. The number of rotatable bonds is 4. The quantitative estimate of drug-likeness (QED) is 0.869. The van der Waals surface area contributed by atoms with Gasteiger partial charge < -0.3 is 10.0 Å². The van der Waals surface area contributed by atoms with Crippen LogP contribution in [0.15, 0.2) is 23.1 Å². The summed E-state index contributed by atoms with van der Waals surface area (Å²) in [7, 11) is 0. The third-order valence-corrected chi connectivity index (χ3v) is 5.77. The Balaban J connectivity index is 1.51. The van der Waals surface area contributed by atoms with E-state index in [1.807, 2.05) is 13.8 Å². The molecule has 0 atom stereocenters. The van der Waals surface area contributed by atoms with Gasteiger partial charge in [-0.05, 0) is 48.4 Å². The number of benzene rings is 1. The molecule has 1 amide bonds. The van der Waals surface area contributed by atoms with Crippen LogP contribution in [0.4, 0.5) is 0 Å². The molecule has 1 heterocycles. The Bertz CT molecular complexity index is 550. The Hall–Kier alpha value is -1.00. The Morgan fingerprint density at radius 2 is 2.05 bits per heavy atom. The maximum atomic E-state index is 12.1. The molecule has 1 aliphatic heterocycles. The van der Waals surface area contributed by atoms with E-state index in [0.717, 1.165) is 0 Å². The number of likely N-dealkylation sites (tertiary alicyclic amines) is 1. The fourth-order valence-electron chi connectivity index (χ4n) is 3.03. The van der Waals surface area contributed by atoms with Crippen LogP contribution < -0.4 is 0 Å². The normalized spacial score (nSPS) is 19.5. The van der Waals surface area contributed by atoms with E-state index in [-0.39, 0.29) is 11.8 Å². The maximum absolute atomic E-state index is 12.1. The van der Waals surface area contributed by atoms with Crippen molar-refractivity contribution in [1.29, 1.82) is 0 Å². The number of hydrogen-bond acceptors (Lipinski definition) is 3. The molecule has 0 spiro atoms. The SMILES string of the molecule is CC(C)C1(O)CN(C(=O)CSc2ccc3c(c2)CCC3)C1. The van der Waals surface area contributed by atoms with Crippen molar-refractivity contribution in [3.8, 4) is 0 Å². The van der Waals surface area contributed by atoms with Crippen molar-refractivity contribution in [1.82, 2.24) is 4.90 Å². The number of carbonyl (C=O) groups excluding carboxylic acids is 1. The number of aliphatic hydroxyl groups is 1. The number of β-amino-alcohol motifs (C(OH)–C–C–N with tert-alkyl or cyclic N) is 1. The lowest BCUT2D eigenvalue weighted by Crippen LogP contribution is -2.66. The van der Waals surface area contributed by atoms with Crippen LogP contribution in [0.25, 0.3) is 0 Å². The van der Waals surface area contributed by atoms with Gasteiger partial charge in [-0.15, -0.1) is 11.8 Å². The van der Waals surface area contributed by atoms with Crippen LogP contribution in [0.1, 0.15) is 31.4 Å². The molecular weight excluding hydrogens is 282 g/mol. The zero-order valence-electron chi connectivity index (χ0n) is 12.8. The molecule has 3 nitrogen and oxygen atoms in total. The molecule has 0 bridgehead atoms. The fraction of sp³-hybridized carbons (Fsp3) is 0.588. The van der Waals surface area contributed by atoms with E-state index in [9.17, 15) is 9.90 Å². The van der Waals surface area contributed by atoms with Crippen molar-refractivity contribution in [2.45, 2.75) is 43.6 Å². The van der Waals surface area contributed by atoms with E-state index in [0.29, 0.717) is 18.8 Å². The van der Waals surface area contributed by atoms with Crippen LogP contribution >= 0.6 is 11.8 Å². The topological polar surface area (TPSA) is 40.5 Å². The Morgan fingerprint density at radius 3 is 2.76 bits per heavy atom. The lowest BCUT2D eigenvalue weighted by molar-refractivity contribution is -0.161. The van der Waals surface area contributed by atoms with Crippen LogP contribution in [0, 0.1) is 5.92 Å². The van der Waals surface area contributed by atoms with Gasteiger partial charge in [0.15, 0.2) is 0 Å². The number of thioether (sulfide) groups is 1. The third-order valence-electron chi connectivity index (χ3n) is 4.79. The molecule has 0 unspecified atom stereocenters. The van der Waals surface area contributed by atoms with E-state index in [1.165, 1.54) is 35.3 Å². The summed E-state index contributed by atoms with van der Waals surface area (Å²) in [4.78, 5) is 15.1. The molecule has 1 aromatic carbocycles. The Kier molecular flexibility index (Phi) is 4.02. The first kappa shape index (κ1) is 14.9. The highest BCUT2D eigenvalue weighted by Crippen LogP contribution is 2.31. The summed E-state index contributed by atoms with van der Waals surface area (Å²) in [6, 6.07) is 6.57. The van der Waals surface area contributed by atoms with E-state index < -0.39 is 5.60 Å². The van der Waals surface area contributed by atoms with Gasteiger partial charge in [-0.2, -0.15) is 0 Å². The second kappa shape index (κ2) is 5.65. The number of carbonyl (C=O) groups is 1. The standard InChI is InChI=1S/C17H23NO2S/c1-12(2)17(20)10-18(11-17)16(19)9-21-15-7-6-13-4-3-5-14(13)8-15/h6-8,12,20H,3-5,9-11H2,1-2H3. The van der Waals surface area contributed by atoms with Crippen molar-refractivity contribution >= 4 is 17.7 Å². The largest absolute Gasteiger partial charge is 0.386 e. The second-order valence-electron chi connectivity index (χ2n) is 6.58. The molecule has 1 aromatic rings. The summed E-state index contributed by atoms with van der Waals surface area (Å²) in [5.74, 6) is 0.796. The van der Waals surface area contributed by atoms with Crippen LogP contribution in [0.2, 0.25) is 0 Å². The molecule has 3 rings (SSSR count). The summed E-state index contributed by atoms with van der Waals surface area (Å²) in [6.07, 6.45) is 3.62. The first-order valence-corrected chi connectivity index (χ1v) is 8.71. The molecule has 0 aromatic heterocycles. The predicted molar refractivity (Wildman–Crippen MR) is 85.6 cm³/mol. The molecule has 4 heteroatoms. The van der Waals surface area contributed by atoms with Gasteiger partial charge >= 0.3 is 0 Å². The first-order chi connectivity index (χ1) is 9.98. The van der Waals surface area contributed by atoms with Crippen LogP contribution in [-0.2, 0) is 17.6 Å². The van der Waals surface area contributed by atoms with Gasteiger partial charge in [0, 0.05) is 4.90 Å². The monoisotopic (exact) mass is 305 g/mol. The molecule has 2 aliphatic rings. The second-order valence-corrected chi connectivity index (χ2v) is 7.63. The average Bonchev–Trinajstić information content (AvgIpc) is 2.88. The zero-order chi connectivity index (χ0) is 15.0. The summed E-state index contributed by atoms with van der Waals surface area (Å²) < 4.78 is 0. The van der Waals surface area contributed by atoms with Crippen LogP contribution in [-0.4, -0.2) is 40.4 Å². The van der Waals surface area contributed by atoms with Gasteiger partial charge in [0.05, 0.1) is 18.8 Å². The summed E-state index contributed by atoms with van der Waals surface area (Å²) >= 11 is 1.61. The lowest BCUT2D eigenvalue weighted by atomic mass is 9.83. The maximum Gasteiger partial charge on any atom is 0.233 e. The smallest absolute Gasteiger partial charge is 0.233 e. The molecule has 1 saturated heterocycles. The Morgan fingerprint density at radius 1 is 1.33 bits per heavy atom. The van der Waals surface area contributed by atoms with E-state index in [2.05, 4.69) is 18.2 Å². The molecule has 0 radical (unpaired) electrons. The molecular formula is C17H23NO2S. The van der Waals surface area contributed by atoms with Crippen LogP contribution in [0.3, 0.4) is 0 Å². The number of aryl methyl sites for hydroxylation is 2. The minimum atomic E-state index is -0.673. The van der Waals surface area contributed by atoms with E-state index >= 15 is 0 Å². The van der Waals surface area contributed by atoms with Gasteiger partial charge in [0.2, 0.25) is 5.91 Å². The highest BCUT2D eigenvalue weighted by Gasteiger charge is 2.45. The first-order valence-electron chi connectivity index (χ1n) is 7.73. The van der Waals surface area contributed by atoms with Crippen molar-refractivity contribution in [3.05, 3.63) is 29.3 Å². The van der Waals surface area contributed by atoms with Crippen molar-refractivity contribution in [2.24, 2.45) is 5.92 Å². The van der Waals surface area contributed by atoms with E-state index in [4.69, 9.17) is 0 Å². The van der Waals surface area contributed by atoms with Gasteiger partial charge in [-0.25, -0.2) is 0 Å². The minimum absolute atomic E-state index is 0.130. The van der Waals surface area contributed by atoms with Crippen molar-refractivity contribution < 1.29 is 9.90 Å². The van der Waals surface area contributed by atoms with Gasteiger partial charge in [0.1, 0.15) is 5.60 Å². The molecule has 21 heavy (non-hydrogen) atoms. The Labute approximate surface area is 130 Å². The zero-order valence-corrected chi connectivity index (χ0v) is 13.6. The molecule has 0 saturated carbocycles. The number of nitrogens with zero attached hydrogens (tertiary/aromatic N) is 1. The van der Waals surface area contributed by atoms with E-state index in [1.54, 1.807) is 16.7 Å². The summed E-state index contributed by atoms with van der Waals surface area (Å²) in [5.41, 5.74) is 2.24. The minimum Gasteiger partial charge on any atom is -0.386 e. The van der Waals surface area contributed by atoms with Gasteiger partial charge in [0.25, 0.3) is 0 Å². The summed E-state index contributed by atoms with van der Waals surface area (Å²) in [5, 5.41) is 10.2. The fourth-order valence-corrected chi connectivity index (χ4v) is 3.89. The number of hydrogen-bond donors (Lipinski definition) is 1. The van der Waals surface area contributed by atoms with Crippen molar-refractivity contribution in [3.63, 3.8) is 0 Å². The summed E-state index contributed by atoms with van der Waals surface area (Å²) in [6.45, 7) is 4.96. The lowest BCUT2D eigenvalue weighted by Gasteiger charge is -2.49. The molecule has 1 fully saturated rings. The third kappa shape index (κ3) is 2.97.